The third-order valence-corrected chi connectivity index (χ3v) is 6.36. The molecule has 188 valence electrons. The zero-order valence-corrected chi connectivity index (χ0v) is 21.0. The lowest BCUT2D eigenvalue weighted by Gasteiger charge is -2.08. The van der Waals surface area contributed by atoms with Crippen LogP contribution in [0.4, 0.5) is 0 Å². The largest absolute Gasteiger partial charge is 0.496 e. The molecule has 0 fully saturated rings. The van der Waals surface area contributed by atoms with E-state index >= 15 is 0 Å². The minimum Gasteiger partial charge on any atom is -0.496 e. The van der Waals surface area contributed by atoms with E-state index in [4.69, 9.17) is 4.74 Å². The molecular weight excluding hydrogens is 466 g/mol. The van der Waals surface area contributed by atoms with Gasteiger partial charge in [0.15, 0.2) is 5.69 Å². The fraction of sp³-hybridized carbons (Fsp3) is 0.286. The summed E-state index contributed by atoms with van der Waals surface area (Å²) in [4.78, 5) is 16.6. The molecule has 37 heavy (non-hydrogen) atoms. The van der Waals surface area contributed by atoms with Gasteiger partial charge in [0.05, 0.1) is 24.7 Å². The molecule has 4 aromatic rings. The Morgan fingerprint density at radius 1 is 1.11 bits per heavy atom. The maximum atomic E-state index is 12.4. The molecule has 0 spiro atoms. The first-order chi connectivity index (χ1) is 18.1. The number of carbonyl (C=O) groups excluding carboxylic acids is 1. The van der Waals surface area contributed by atoms with Crippen LogP contribution in [-0.4, -0.2) is 43.2 Å². The van der Waals surface area contributed by atoms with Crippen LogP contribution >= 0.6 is 0 Å². The number of methoxy groups -OCH3 is 1. The van der Waals surface area contributed by atoms with E-state index in [0.29, 0.717) is 18.8 Å². The molecule has 3 heterocycles. The second-order valence-corrected chi connectivity index (χ2v) is 9.10. The van der Waals surface area contributed by atoms with Gasteiger partial charge in [0.2, 0.25) is 0 Å². The van der Waals surface area contributed by atoms with E-state index < -0.39 is 0 Å². The van der Waals surface area contributed by atoms with Crippen LogP contribution in [0, 0.1) is 6.92 Å². The highest BCUT2D eigenvalue weighted by molar-refractivity contribution is 5.91. The first kappa shape index (κ1) is 24.3. The minimum absolute atomic E-state index is 0.249. The lowest BCUT2D eigenvalue weighted by Crippen LogP contribution is -2.23. The molecule has 1 aromatic carbocycles. The first-order valence-corrected chi connectivity index (χ1v) is 12.4. The molecule has 1 aliphatic carbocycles. The van der Waals surface area contributed by atoms with Crippen LogP contribution in [0.15, 0.2) is 54.9 Å². The van der Waals surface area contributed by atoms with Crippen LogP contribution in [0.2, 0.25) is 0 Å². The van der Waals surface area contributed by atoms with E-state index in [1.807, 2.05) is 37.3 Å². The monoisotopic (exact) mass is 495 g/mol. The van der Waals surface area contributed by atoms with Crippen molar-refractivity contribution in [2.24, 2.45) is 0 Å². The summed E-state index contributed by atoms with van der Waals surface area (Å²) >= 11 is 0. The Bertz CT molecular complexity index is 1430. The average Bonchev–Trinajstić information content (AvgIpc) is 3.57. The molecule has 1 N–H and O–H groups in total. The number of ether oxygens (including phenoxy) is 1. The highest BCUT2D eigenvalue weighted by Crippen LogP contribution is 2.35. The number of benzene rings is 1. The summed E-state index contributed by atoms with van der Waals surface area (Å²) in [6.07, 6.45) is 9.02. The Kier molecular flexibility index (Phi) is 7.30. The topological polar surface area (TPSA) is 108 Å². The Hall–Kier alpha value is -4.40. The van der Waals surface area contributed by atoms with Crippen molar-refractivity contribution in [3.63, 3.8) is 0 Å². The second-order valence-electron chi connectivity index (χ2n) is 9.10. The van der Waals surface area contributed by atoms with Gasteiger partial charge in [-0.15, -0.1) is 5.10 Å². The lowest BCUT2D eigenvalue weighted by molar-refractivity contribution is 0.0945. The summed E-state index contributed by atoms with van der Waals surface area (Å²) in [6.45, 7) is 3.01. The number of hydrogen-bond donors (Lipinski definition) is 1. The summed E-state index contributed by atoms with van der Waals surface area (Å²) in [5.74, 6) is 0.618. The average molecular weight is 496 g/mol. The van der Waals surface area contributed by atoms with Crippen molar-refractivity contribution in [3.05, 3.63) is 94.3 Å². The third kappa shape index (κ3) is 5.88. The van der Waals surface area contributed by atoms with Crippen molar-refractivity contribution in [1.82, 2.24) is 35.5 Å². The van der Waals surface area contributed by atoms with Crippen LogP contribution in [0.5, 0.6) is 5.75 Å². The molecule has 0 atom stereocenters. The number of para-hydroxylation sites is 1. The predicted octanol–water partition coefficient (Wildman–Crippen LogP) is 3.83. The fourth-order valence-corrected chi connectivity index (χ4v) is 4.33. The molecule has 0 radical (unpaired) electrons. The molecule has 0 saturated heterocycles. The molecule has 3 aromatic heterocycles. The van der Waals surface area contributed by atoms with Crippen LogP contribution < -0.4 is 10.1 Å². The number of hydrogen-bond acceptors (Lipinski definition) is 7. The molecule has 9 nitrogen and oxygen atoms in total. The number of allylic oxidation sites excluding steroid dienone is 1. The van der Waals surface area contributed by atoms with Crippen molar-refractivity contribution in [3.8, 4) is 5.75 Å². The standard InChI is InChI=1S/C28H29N7O2/c1-19-10-11-20(16-29-19)17-30-28(36)26-18-35(34-33-26)12-6-5-7-23-14-22-13-21(15-25(22)32-31-23)24-8-3-4-9-27(24)37-2/h3-4,8-11,13-14,16,18H,5-7,12,15,17H2,1-2H3,(H,30,36). The number of carbonyl (C=O) groups is 1. The summed E-state index contributed by atoms with van der Waals surface area (Å²) in [5.41, 5.74) is 7.57. The number of aromatic nitrogens is 6. The minimum atomic E-state index is -0.249. The van der Waals surface area contributed by atoms with Gasteiger partial charge in [-0.25, -0.2) is 0 Å². The Morgan fingerprint density at radius 3 is 2.84 bits per heavy atom. The zero-order chi connectivity index (χ0) is 25.6. The first-order valence-electron chi connectivity index (χ1n) is 12.4. The normalized spacial score (nSPS) is 12.2. The second kappa shape index (κ2) is 11.1. The highest BCUT2D eigenvalue weighted by Gasteiger charge is 2.19. The van der Waals surface area contributed by atoms with Crippen molar-refractivity contribution in [1.29, 1.82) is 0 Å². The molecule has 1 aliphatic rings. The molecular formula is C28H29N7O2. The van der Waals surface area contributed by atoms with Gasteiger partial charge in [0.1, 0.15) is 5.75 Å². The van der Waals surface area contributed by atoms with Crippen LogP contribution in [-0.2, 0) is 25.9 Å². The van der Waals surface area contributed by atoms with Gasteiger partial charge in [0.25, 0.3) is 5.91 Å². The maximum absolute atomic E-state index is 12.4. The predicted molar refractivity (Wildman–Crippen MR) is 140 cm³/mol. The molecule has 0 aliphatic heterocycles. The molecule has 0 saturated carbocycles. The van der Waals surface area contributed by atoms with E-state index in [1.165, 1.54) is 5.57 Å². The smallest absolute Gasteiger partial charge is 0.273 e. The van der Waals surface area contributed by atoms with Gasteiger partial charge in [-0.05, 0) is 61.6 Å². The maximum Gasteiger partial charge on any atom is 0.273 e. The fourth-order valence-electron chi connectivity index (χ4n) is 4.33. The van der Waals surface area contributed by atoms with Gasteiger partial charge >= 0.3 is 0 Å². The van der Waals surface area contributed by atoms with Gasteiger partial charge in [-0.3, -0.25) is 14.5 Å². The number of rotatable bonds is 10. The Balaban J connectivity index is 1.10. The van der Waals surface area contributed by atoms with Crippen molar-refractivity contribution >= 4 is 17.6 Å². The van der Waals surface area contributed by atoms with E-state index in [2.05, 4.69) is 49.0 Å². The van der Waals surface area contributed by atoms with E-state index in [0.717, 1.165) is 65.2 Å². The number of amides is 1. The van der Waals surface area contributed by atoms with Crippen molar-refractivity contribution in [2.45, 2.75) is 45.7 Å². The number of pyridine rings is 1. The number of aryl methyl sites for hydroxylation is 3. The highest BCUT2D eigenvalue weighted by atomic mass is 16.5. The summed E-state index contributed by atoms with van der Waals surface area (Å²) in [5, 5.41) is 19.9. The van der Waals surface area contributed by atoms with E-state index in [-0.39, 0.29) is 5.91 Å². The van der Waals surface area contributed by atoms with Gasteiger partial charge in [-0.2, -0.15) is 10.2 Å². The van der Waals surface area contributed by atoms with Crippen LogP contribution in [0.25, 0.3) is 11.6 Å². The van der Waals surface area contributed by atoms with Crippen LogP contribution in [0.3, 0.4) is 0 Å². The van der Waals surface area contributed by atoms with Gasteiger partial charge < -0.3 is 10.1 Å². The number of unbranched alkanes of at least 4 members (excludes halogenated alkanes) is 1. The zero-order valence-electron chi connectivity index (χ0n) is 21.0. The van der Waals surface area contributed by atoms with Crippen LogP contribution in [0.1, 0.15) is 57.1 Å². The van der Waals surface area contributed by atoms with Gasteiger partial charge in [0, 0.05) is 42.5 Å². The molecule has 9 heteroatoms. The number of fused-ring (bicyclic) bond motifs is 1. The quantitative estimate of drug-likeness (QED) is 0.333. The molecule has 5 rings (SSSR count). The third-order valence-electron chi connectivity index (χ3n) is 6.36. The Morgan fingerprint density at radius 2 is 2.00 bits per heavy atom. The summed E-state index contributed by atoms with van der Waals surface area (Å²) in [6, 6.07) is 14.0. The number of nitrogens with one attached hydrogen (secondary N) is 1. The number of nitrogens with zero attached hydrogens (tertiary/aromatic N) is 6. The summed E-state index contributed by atoms with van der Waals surface area (Å²) < 4.78 is 7.23. The van der Waals surface area contributed by atoms with E-state index in [9.17, 15) is 4.79 Å². The molecule has 0 bridgehead atoms. The van der Waals surface area contributed by atoms with Crippen molar-refractivity contribution in [2.75, 3.05) is 7.11 Å². The van der Waals surface area contributed by atoms with E-state index in [1.54, 1.807) is 24.2 Å². The van der Waals surface area contributed by atoms with Gasteiger partial charge in [-0.1, -0.05) is 29.5 Å². The summed E-state index contributed by atoms with van der Waals surface area (Å²) in [7, 11) is 1.69. The molecule has 1 amide bonds. The van der Waals surface area contributed by atoms with Crippen molar-refractivity contribution < 1.29 is 9.53 Å². The Labute approximate surface area is 215 Å². The molecule has 0 unspecified atom stereocenters. The SMILES string of the molecule is COc1ccccc1C1=Cc2cc(CCCCn3cc(C(=O)NCc4ccc(C)nc4)nn3)nnc2C1. The lowest BCUT2D eigenvalue weighted by atomic mass is 10.0.